The molecule has 31 heavy (non-hydrogen) atoms. The highest BCUT2D eigenvalue weighted by molar-refractivity contribution is 7.89. The fourth-order valence-corrected chi connectivity index (χ4v) is 6.24. The summed E-state index contributed by atoms with van der Waals surface area (Å²) in [6, 6.07) is 11.0. The normalized spacial score (nSPS) is 19.9. The van der Waals surface area contributed by atoms with Crippen LogP contribution in [0, 0.1) is 11.6 Å². The highest BCUT2D eigenvalue weighted by Crippen LogP contribution is 2.43. The second-order valence-corrected chi connectivity index (χ2v) is 10.2. The smallest absolute Gasteiger partial charge is 0.243 e. The molecule has 4 rings (SSSR count). The zero-order valence-electron chi connectivity index (χ0n) is 17.3. The fraction of sp³-hybridized carbons (Fsp3) is 0.435. The molecule has 0 bridgehead atoms. The fourth-order valence-electron chi connectivity index (χ4n) is 4.77. The van der Waals surface area contributed by atoms with E-state index in [1.165, 1.54) is 28.6 Å². The van der Waals surface area contributed by atoms with Crippen molar-refractivity contribution < 1.29 is 22.0 Å². The van der Waals surface area contributed by atoms with Crippen molar-refractivity contribution in [3.05, 3.63) is 65.7 Å². The summed E-state index contributed by atoms with van der Waals surface area (Å²) in [5, 5.41) is 0. The van der Waals surface area contributed by atoms with Crippen LogP contribution in [0.5, 0.6) is 0 Å². The van der Waals surface area contributed by atoms with Gasteiger partial charge < -0.3 is 4.90 Å². The van der Waals surface area contributed by atoms with E-state index in [0.717, 1.165) is 30.5 Å². The minimum Gasteiger partial charge on any atom is -0.341 e. The molecule has 1 saturated heterocycles. The zero-order valence-corrected chi connectivity index (χ0v) is 18.1. The Morgan fingerprint density at radius 3 is 1.97 bits per heavy atom. The van der Waals surface area contributed by atoms with Crippen molar-refractivity contribution in [2.45, 2.75) is 42.4 Å². The van der Waals surface area contributed by atoms with E-state index >= 15 is 0 Å². The molecule has 0 spiro atoms. The van der Waals surface area contributed by atoms with E-state index in [-0.39, 0.29) is 23.2 Å². The van der Waals surface area contributed by atoms with Crippen molar-refractivity contribution in [3.63, 3.8) is 0 Å². The summed E-state index contributed by atoms with van der Waals surface area (Å²) in [6.45, 7) is 1.25. The zero-order chi connectivity index (χ0) is 22.1. The summed E-state index contributed by atoms with van der Waals surface area (Å²) in [4.78, 5) is 15.5. The van der Waals surface area contributed by atoms with Gasteiger partial charge in [-0.15, -0.1) is 0 Å². The molecule has 2 aliphatic rings. The van der Waals surface area contributed by atoms with Crippen molar-refractivity contribution >= 4 is 15.9 Å². The van der Waals surface area contributed by atoms with Gasteiger partial charge in [-0.2, -0.15) is 4.31 Å². The van der Waals surface area contributed by atoms with Gasteiger partial charge in [0.1, 0.15) is 11.6 Å². The van der Waals surface area contributed by atoms with Crippen molar-refractivity contribution in [1.82, 2.24) is 9.21 Å². The lowest BCUT2D eigenvalue weighted by molar-refractivity contribution is -0.137. The Balaban J connectivity index is 1.53. The van der Waals surface area contributed by atoms with Crippen LogP contribution in [-0.4, -0.2) is 49.7 Å². The van der Waals surface area contributed by atoms with Crippen molar-refractivity contribution in [2.75, 3.05) is 26.2 Å². The minimum absolute atomic E-state index is 0.00219. The first-order valence-electron chi connectivity index (χ1n) is 10.6. The summed E-state index contributed by atoms with van der Waals surface area (Å²) in [5.74, 6) is -0.826. The van der Waals surface area contributed by atoms with Gasteiger partial charge in [-0.05, 0) is 61.2 Å². The van der Waals surface area contributed by atoms with E-state index in [4.69, 9.17) is 0 Å². The molecule has 166 valence electrons. The van der Waals surface area contributed by atoms with Crippen LogP contribution < -0.4 is 0 Å². The Labute approximate surface area is 181 Å². The van der Waals surface area contributed by atoms with Gasteiger partial charge in [-0.25, -0.2) is 17.2 Å². The van der Waals surface area contributed by atoms with E-state index in [1.54, 1.807) is 17.0 Å². The molecular weight excluding hydrogens is 422 g/mol. The maximum atomic E-state index is 13.6. The van der Waals surface area contributed by atoms with E-state index in [1.807, 2.05) is 0 Å². The summed E-state index contributed by atoms with van der Waals surface area (Å²) in [5.41, 5.74) is 0.162. The Morgan fingerprint density at radius 1 is 0.774 bits per heavy atom. The molecule has 8 heteroatoms. The Morgan fingerprint density at radius 2 is 1.35 bits per heavy atom. The summed E-state index contributed by atoms with van der Waals surface area (Å²) >= 11 is 0. The highest BCUT2D eigenvalue weighted by Gasteiger charge is 2.45. The van der Waals surface area contributed by atoms with E-state index < -0.39 is 21.3 Å². The number of amides is 1. The van der Waals surface area contributed by atoms with Gasteiger partial charge in [0.25, 0.3) is 0 Å². The van der Waals surface area contributed by atoms with Gasteiger partial charge >= 0.3 is 0 Å². The predicted molar refractivity (Wildman–Crippen MR) is 113 cm³/mol. The van der Waals surface area contributed by atoms with E-state index in [0.29, 0.717) is 38.9 Å². The standard InChI is InChI=1S/C23H26F2N2O3S/c24-19-6-4-18(5-7-19)23(12-1-2-13-23)22(28)26-14-3-15-27(17-16-26)31(29,30)21-10-8-20(25)9-11-21/h4-11H,1-3,12-17H2. The van der Waals surface area contributed by atoms with Crippen LogP contribution in [0.2, 0.25) is 0 Å². The predicted octanol–water partition coefficient (Wildman–Crippen LogP) is 3.70. The maximum Gasteiger partial charge on any atom is 0.243 e. The van der Waals surface area contributed by atoms with E-state index in [9.17, 15) is 22.0 Å². The monoisotopic (exact) mass is 448 g/mol. The van der Waals surface area contributed by atoms with Crippen LogP contribution in [0.4, 0.5) is 8.78 Å². The Bertz CT molecular complexity index is 1030. The first-order valence-corrected chi connectivity index (χ1v) is 12.1. The number of hydrogen-bond donors (Lipinski definition) is 0. The van der Waals surface area contributed by atoms with Gasteiger partial charge in [-0.3, -0.25) is 4.79 Å². The Kier molecular flexibility index (Phi) is 6.12. The molecule has 1 amide bonds. The molecule has 2 fully saturated rings. The third kappa shape index (κ3) is 4.23. The molecule has 1 aliphatic carbocycles. The summed E-state index contributed by atoms with van der Waals surface area (Å²) in [7, 11) is -3.76. The maximum absolute atomic E-state index is 13.6. The van der Waals surface area contributed by atoms with Crippen LogP contribution in [0.1, 0.15) is 37.7 Å². The quantitative estimate of drug-likeness (QED) is 0.717. The van der Waals surface area contributed by atoms with Crippen LogP contribution in [0.15, 0.2) is 53.4 Å². The minimum atomic E-state index is -3.76. The number of carbonyl (C=O) groups excluding carboxylic acids is 1. The first kappa shape index (κ1) is 21.9. The van der Waals surface area contributed by atoms with Crippen molar-refractivity contribution in [3.8, 4) is 0 Å². The lowest BCUT2D eigenvalue weighted by Gasteiger charge is -2.34. The molecule has 5 nitrogen and oxygen atoms in total. The SMILES string of the molecule is O=C(N1CCCN(S(=O)(=O)c2ccc(F)cc2)CC1)C1(c2ccc(F)cc2)CCCC1. The molecule has 0 atom stereocenters. The first-order chi connectivity index (χ1) is 14.8. The van der Waals surface area contributed by atoms with Crippen LogP contribution >= 0.6 is 0 Å². The van der Waals surface area contributed by atoms with Gasteiger partial charge in [0, 0.05) is 26.2 Å². The molecule has 2 aromatic rings. The molecule has 0 unspecified atom stereocenters. The van der Waals surface area contributed by atoms with Crippen LogP contribution in [0.25, 0.3) is 0 Å². The molecular formula is C23H26F2N2O3S. The van der Waals surface area contributed by atoms with Crippen molar-refractivity contribution in [1.29, 1.82) is 0 Å². The molecule has 2 aromatic carbocycles. The average molecular weight is 449 g/mol. The lowest BCUT2D eigenvalue weighted by atomic mass is 9.77. The molecule has 0 N–H and O–H groups in total. The Hall–Kier alpha value is -2.32. The number of carbonyl (C=O) groups is 1. The van der Waals surface area contributed by atoms with Gasteiger partial charge in [0.05, 0.1) is 10.3 Å². The largest absolute Gasteiger partial charge is 0.341 e. The van der Waals surface area contributed by atoms with E-state index in [2.05, 4.69) is 0 Å². The third-order valence-corrected chi connectivity index (χ3v) is 8.37. The highest BCUT2D eigenvalue weighted by atomic mass is 32.2. The third-order valence-electron chi connectivity index (χ3n) is 6.46. The molecule has 0 radical (unpaired) electrons. The second-order valence-electron chi connectivity index (χ2n) is 8.30. The lowest BCUT2D eigenvalue weighted by Crippen LogP contribution is -2.47. The number of hydrogen-bond acceptors (Lipinski definition) is 3. The average Bonchev–Trinajstić information content (AvgIpc) is 3.12. The summed E-state index contributed by atoms with van der Waals surface area (Å²) < 4.78 is 53.9. The second kappa shape index (κ2) is 8.67. The number of rotatable bonds is 4. The number of halogens is 2. The topological polar surface area (TPSA) is 57.7 Å². The van der Waals surface area contributed by atoms with Crippen molar-refractivity contribution in [2.24, 2.45) is 0 Å². The van der Waals surface area contributed by atoms with Gasteiger partial charge in [0.2, 0.25) is 15.9 Å². The molecule has 0 aromatic heterocycles. The number of nitrogens with zero attached hydrogens (tertiary/aromatic N) is 2. The molecule has 1 aliphatic heterocycles. The number of benzene rings is 2. The van der Waals surface area contributed by atoms with Crippen LogP contribution in [0.3, 0.4) is 0 Å². The number of sulfonamides is 1. The molecule has 1 heterocycles. The van der Waals surface area contributed by atoms with Gasteiger partial charge in [-0.1, -0.05) is 25.0 Å². The van der Waals surface area contributed by atoms with Gasteiger partial charge in [0.15, 0.2) is 0 Å². The molecule has 1 saturated carbocycles. The van der Waals surface area contributed by atoms with Crippen LogP contribution in [-0.2, 0) is 20.2 Å². The summed E-state index contributed by atoms with van der Waals surface area (Å²) in [6.07, 6.45) is 3.81.